The lowest BCUT2D eigenvalue weighted by molar-refractivity contribution is -0.166. The SMILES string of the molecule is CC/C=C\C/C=C\C/C=C\C/C=C\C/C=C\CC(=O)OCC(COC(=O)CCCCCCCCCCCCCCCCCC/C=C\C/C=C\C/C=C\CCCCCCC)OC(=O)CCCCCCCCCCCCCCCCCCCCC. The fourth-order valence-electron chi connectivity index (χ4n) is 10.3. The highest BCUT2D eigenvalue weighted by atomic mass is 16.6. The van der Waals surface area contributed by atoms with Gasteiger partial charge in [-0.25, -0.2) is 0 Å². The molecule has 0 N–H and O–H groups in total. The quantitative estimate of drug-likeness (QED) is 0.0261. The van der Waals surface area contributed by atoms with Crippen molar-refractivity contribution in [3.05, 3.63) is 97.2 Å². The second kappa shape index (κ2) is 70.8. The molecule has 0 aliphatic heterocycles. The Bertz CT molecular complexity index is 1610. The lowest BCUT2D eigenvalue weighted by Crippen LogP contribution is -2.30. The second-order valence-corrected chi connectivity index (χ2v) is 23.8. The predicted octanol–water partition coefficient (Wildman–Crippen LogP) is 24.8. The predicted molar refractivity (Wildman–Crippen MR) is 362 cm³/mol. The van der Waals surface area contributed by atoms with Gasteiger partial charge in [0.2, 0.25) is 0 Å². The molecule has 83 heavy (non-hydrogen) atoms. The molecule has 6 nitrogen and oxygen atoms in total. The highest BCUT2D eigenvalue weighted by molar-refractivity contribution is 5.72. The van der Waals surface area contributed by atoms with Crippen molar-refractivity contribution < 1.29 is 28.6 Å². The first-order valence-corrected chi connectivity index (χ1v) is 35.7. The van der Waals surface area contributed by atoms with E-state index >= 15 is 0 Å². The number of unbranched alkanes of at least 4 members (excludes halogenated alkanes) is 39. The summed E-state index contributed by atoms with van der Waals surface area (Å²) in [6, 6.07) is 0. The normalized spacial score (nSPS) is 12.7. The molecule has 0 rings (SSSR count). The average Bonchev–Trinajstić information content (AvgIpc) is 3.50. The van der Waals surface area contributed by atoms with E-state index in [-0.39, 0.29) is 31.6 Å². The van der Waals surface area contributed by atoms with Crippen molar-refractivity contribution >= 4 is 17.9 Å². The number of carbonyl (C=O) groups excluding carboxylic acids is 3. The van der Waals surface area contributed by atoms with E-state index in [4.69, 9.17) is 14.2 Å². The fourth-order valence-corrected chi connectivity index (χ4v) is 10.3. The van der Waals surface area contributed by atoms with Crippen LogP contribution in [-0.2, 0) is 28.6 Å². The molecule has 1 atom stereocenters. The maximum atomic E-state index is 12.9. The Hall–Kier alpha value is -3.67. The Labute approximate surface area is 515 Å². The standard InChI is InChI=1S/C77H134O6/c1-4-7-10-13-16-19-22-25-28-30-32-33-34-35-36-37-38-39-40-41-42-43-45-46-49-52-55-58-61-64-67-70-76(79)82-73-74(72-81-75(78)69-66-63-60-57-54-51-48-27-24-21-18-15-12-9-6-3)83-77(80)71-68-65-62-59-56-53-50-47-44-31-29-26-23-20-17-14-11-8-5-2/h9,12,18,21-22,25,27,30,32,34-35,48,54,57,63,66,74H,4-8,10-11,13-17,19-20,23-24,26,28-29,31,33,36-47,49-53,55-56,58-62,64-65,67-73H2,1-3H3/b12-9-,21-18-,25-22-,32-30-,35-34-,48-27-,57-54-,66-63-. The molecule has 0 aromatic rings. The van der Waals surface area contributed by atoms with Crippen LogP contribution in [0.25, 0.3) is 0 Å². The van der Waals surface area contributed by atoms with Crippen LogP contribution >= 0.6 is 0 Å². The van der Waals surface area contributed by atoms with Gasteiger partial charge in [0.15, 0.2) is 6.10 Å². The molecule has 0 amide bonds. The minimum Gasteiger partial charge on any atom is -0.462 e. The van der Waals surface area contributed by atoms with Crippen LogP contribution in [0.3, 0.4) is 0 Å². The summed E-state index contributed by atoms with van der Waals surface area (Å²) >= 11 is 0. The van der Waals surface area contributed by atoms with Crippen molar-refractivity contribution in [3.8, 4) is 0 Å². The summed E-state index contributed by atoms with van der Waals surface area (Å²) in [4.78, 5) is 38.4. The molecule has 0 radical (unpaired) electrons. The molecule has 0 saturated carbocycles. The maximum absolute atomic E-state index is 12.9. The van der Waals surface area contributed by atoms with Gasteiger partial charge < -0.3 is 14.2 Å². The van der Waals surface area contributed by atoms with Crippen molar-refractivity contribution in [1.29, 1.82) is 0 Å². The van der Waals surface area contributed by atoms with E-state index in [1.807, 2.05) is 12.2 Å². The third kappa shape index (κ3) is 69.0. The number of esters is 3. The molecular weight excluding hydrogens is 1020 g/mol. The van der Waals surface area contributed by atoms with Crippen molar-refractivity contribution in [1.82, 2.24) is 0 Å². The topological polar surface area (TPSA) is 78.9 Å². The van der Waals surface area contributed by atoms with Crippen LogP contribution in [0.5, 0.6) is 0 Å². The lowest BCUT2D eigenvalue weighted by Gasteiger charge is -2.18. The highest BCUT2D eigenvalue weighted by Gasteiger charge is 2.19. The molecule has 478 valence electrons. The number of hydrogen-bond acceptors (Lipinski definition) is 6. The summed E-state index contributed by atoms with van der Waals surface area (Å²) in [5.74, 6) is -1.02. The Balaban J connectivity index is 4.28. The van der Waals surface area contributed by atoms with Crippen molar-refractivity contribution in [2.75, 3.05) is 13.2 Å². The van der Waals surface area contributed by atoms with Crippen LogP contribution < -0.4 is 0 Å². The van der Waals surface area contributed by atoms with E-state index in [0.717, 1.165) is 83.5 Å². The van der Waals surface area contributed by atoms with Gasteiger partial charge in [0.05, 0.1) is 6.42 Å². The van der Waals surface area contributed by atoms with Gasteiger partial charge in [-0.2, -0.15) is 0 Å². The van der Waals surface area contributed by atoms with Crippen LogP contribution in [0.15, 0.2) is 97.2 Å². The lowest BCUT2D eigenvalue weighted by atomic mass is 10.0. The highest BCUT2D eigenvalue weighted by Crippen LogP contribution is 2.18. The Morgan fingerprint density at radius 3 is 0.843 bits per heavy atom. The summed E-state index contributed by atoms with van der Waals surface area (Å²) in [5, 5.41) is 0. The number of ether oxygens (including phenoxy) is 3. The first-order chi connectivity index (χ1) is 41.0. The smallest absolute Gasteiger partial charge is 0.309 e. The molecule has 1 unspecified atom stereocenters. The zero-order valence-corrected chi connectivity index (χ0v) is 54.9. The van der Waals surface area contributed by atoms with Gasteiger partial charge in [0.25, 0.3) is 0 Å². The van der Waals surface area contributed by atoms with Gasteiger partial charge in [-0.3, -0.25) is 14.4 Å². The largest absolute Gasteiger partial charge is 0.462 e. The fraction of sp³-hybridized carbons (Fsp3) is 0.753. The maximum Gasteiger partial charge on any atom is 0.309 e. The number of rotatable bonds is 65. The third-order valence-corrected chi connectivity index (χ3v) is 15.6. The molecule has 0 fully saturated rings. The minimum absolute atomic E-state index is 0.104. The summed E-state index contributed by atoms with van der Waals surface area (Å²) in [6.07, 6.45) is 96.1. The summed E-state index contributed by atoms with van der Waals surface area (Å²) in [7, 11) is 0. The molecular formula is C77H134O6. The van der Waals surface area contributed by atoms with Crippen LogP contribution in [0.2, 0.25) is 0 Å². The summed E-state index contributed by atoms with van der Waals surface area (Å²) in [5.41, 5.74) is 0. The van der Waals surface area contributed by atoms with Crippen LogP contribution in [0.4, 0.5) is 0 Å². The molecule has 6 heteroatoms. The number of allylic oxidation sites excluding steroid dienone is 15. The average molecular weight is 1160 g/mol. The third-order valence-electron chi connectivity index (χ3n) is 15.6. The summed E-state index contributed by atoms with van der Waals surface area (Å²) < 4.78 is 16.9. The summed E-state index contributed by atoms with van der Waals surface area (Å²) in [6.45, 7) is 6.48. The van der Waals surface area contributed by atoms with Gasteiger partial charge in [-0.05, 0) is 83.5 Å². The van der Waals surface area contributed by atoms with Crippen molar-refractivity contribution in [2.45, 2.75) is 361 Å². The Kier molecular flexibility index (Phi) is 67.7. The molecule has 0 aliphatic rings. The van der Waals surface area contributed by atoms with Gasteiger partial charge in [0, 0.05) is 12.8 Å². The van der Waals surface area contributed by atoms with Crippen LogP contribution in [-0.4, -0.2) is 37.2 Å². The molecule has 0 aromatic heterocycles. The van der Waals surface area contributed by atoms with E-state index in [1.54, 1.807) is 0 Å². The van der Waals surface area contributed by atoms with Gasteiger partial charge in [-0.1, -0.05) is 349 Å². The van der Waals surface area contributed by atoms with Gasteiger partial charge >= 0.3 is 17.9 Å². The zero-order chi connectivity index (χ0) is 59.9. The van der Waals surface area contributed by atoms with E-state index < -0.39 is 12.1 Å². The van der Waals surface area contributed by atoms with Gasteiger partial charge in [-0.15, -0.1) is 0 Å². The minimum atomic E-state index is -0.817. The molecule has 0 aromatic carbocycles. The van der Waals surface area contributed by atoms with Gasteiger partial charge in [0.1, 0.15) is 13.2 Å². The monoisotopic (exact) mass is 1160 g/mol. The Morgan fingerprint density at radius 2 is 0.518 bits per heavy atom. The first-order valence-electron chi connectivity index (χ1n) is 35.7. The van der Waals surface area contributed by atoms with E-state index in [0.29, 0.717) is 12.8 Å². The first kappa shape index (κ1) is 79.3. The number of carbonyl (C=O) groups is 3. The molecule has 0 saturated heterocycles. The van der Waals surface area contributed by atoms with E-state index in [1.165, 1.54) is 231 Å². The van der Waals surface area contributed by atoms with Crippen molar-refractivity contribution in [3.63, 3.8) is 0 Å². The van der Waals surface area contributed by atoms with Crippen LogP contribution in [0.1, 0.15) is 355 Å². The zero-order valence-electron chi connectivity index (χ0n) is 54.9. The molecule has 0 spiro atoms. The van der Waals surface area contributed by atoms with Crippen molar-refractivity contribution in [2.24, 2.45) is 0 Å². The second-order valence-electron chi connectivity index (χ2n) is 23.8. The molecule has 0 bridgehead atoms. The van der Waals surface area contributed by atoms with E-state index in [9.17, 15) is 14.4 Å². The van der Waals surface area contributed by atoms with Crippen LogP contribution in [0, 0.1) is 0 Å². The molecule has 0 heterocycles. The number of hydrogen-bond donors (Lipinski definition) is 0. The van der Waals surface area contributed by atoms with E-state index in [2.05, 4.69) is 106 Å². The Morgan fingerprint density at radius 1 is 0.265 bits per heavy atom. The molecule has 0 aliphatic carbocycles.